The van der Waals surface area contributed by atoms with E-state index >= 15 is 0 Å². The lowest BCUT2D eigenvalue weighted by atomic mass is 10.1. The van der Waals surface area contributed by atoms with Crippen LogP contribution >= 0.6 is 0 Å². The smallest absolute Gasteiger partial charge is 0.216 e. The molecule has 6 nitrogen and oxygen atoms in total. The van der Waals surface area contributed by atoms with E-state index < -0.39 is 10.0 Å². The Kier molecular flexibility index (Phi) is 5.60. The van der Waals surface area contributed by atoms with E-state index in [1.165, 1.54) is 6.33 Å². The van der Waals surface area contributed by atoms with Gasteiger partial charge in [-0.1, -0.05) is 30.3 Å². The molecule has 2 aromatic carbocycles. The van der Waals surface area contributed by atoms with Crippen LogP contribution in [0.5, 0.6) is 5.75 Å². The van der Waals surface area contributed by atoms with E-state index in [0.717, 1.165) is 22.6 Å². The third kappa shape index (κ3) is 4.87. The molecule has 0 aliphatic carbocycles. The van der Waals surface area contributed by atoms with Gasteiger partial charge in [-0.15, -0.1) is 0 Å². The summed E-state index contributed by atoms with van der Waals surface area (Å²) in [7, 11) is -1.84. The van der Waals surface area contributed by atoms with Gasteiger partial charge in [0, 0.05) is 5.56 Å². The van der Waals surface area contributed by atoms with Crippen LogP contribution in [0.15, 0.2) is 67.0 Å². The minimum atomic E-state index is -3.45. The standard InChI is InChI=1S/C19H19N3O3S/c1-25-18-9-7-16(8-10-18)19-11-17(20-14-21-19)12-22-26(23,24)13-15-5-3-2-4-6-15/h2-11,14,22H,12-13H2,1H3. The molecule has 7 heteroatoms. The second-order valence-corrected chi connectivity index (χ2v) is 7.50. The van der Waals surface area contributed by atoms with Crippen LogP contribution in [0.1, 0.15) is 11.3 Å². The van der Waals surface area contributed by atoms with Crippen molar-refractivity contribution in [1.82, 2.24) is 14.7 Å². The number of methoxy groups -OCH3 is 1. The van der Waals surface area contributed by atoms with Crippen LogP contribution in [0.25, 0.3) is 11.3 Å². The van der Waals surface area contributed by atoms with Gasteiger partial charge in [0.25, 0.3) is 0 Å². The van der Waals surface area contributed by atoms with Crippen molar-refractivity contribution in [3.05, 3.63) is 78.2 Å². The van der Waals surface area contributed by atoms with Crippen LogP contribution in [-0.2, 0) is 22.3 Å². The van der Waals surface area contributed by atoms with Crippen molar-refractivity contribution in [3.8, 4) is 17.0 Å². The quantitative estimate of drug-likeness (QED) is 0.693. The average Bonchev–Trinajstić information content (AvgIpc) is 2.67. The monoisotopic (exact) mass is 369 g/mol. The Hall–Kier alpha value is -2.77. The first kappa shape index (κ1) is 18.0. The van der Waals surface area contributed by atoms with Gasteiger partial charge in [-0.2, -0.15) is 0 Å². The van der Waals surface area contributed by atoms with E-state index in [9.17, 15) is 8.42 Å². The number of rotatable bonds is 7. The lowest BCUT2D eigenvalue weighted by Crippen LogP contribution is -2.25. The SMILES string of the molecule is COc1ccc(-c2cc(CNS(=O)(=O)Cc3ccccc3)ncn2)cc1. The van der Waals surface area contributed by atoms with Crippen molar-refractivity contribution in [3.63, 3.8) is 0 Å². The molecule has 1 aromatic heterocycles. The Morgan fingerprint density at radius 2 is 1.73 bits per heavy atom. The van der Waals surface area contributed by atoms with Gasteiger partial charge in [-0.3, -0.25) is 0 Å². The molecule has 0 aliphatic rings. The number of benzene rings is 2. The summed E-state index contributed by atoms with van der Waals surface area (Å²) in [5, 5.41) is 0. The molecule has 3 aromatic rings. The third-order valence-electron chi connectivity index (χ3n) is 3.78. The minimum Gasteiger partial charge on any atom is -0.497 e. The average molecular weight is 369 g/mol. The second kappa shape index (κ2) is 8.07. The maximum absolute atomic E-state index is 12.2. The van der Waals surface area contributed by atoms with Crippen molar-refractivity contribution in [2.24, 2.45) is 0 Å². The summed E-state index contributed by atoms with van der Waals surface area (Å²) in [4.78, 5) is 8.39. The minimum absolute atomic E-state index is 0.0652. The van der Waals surface area contributed by atoms with E-state index in [1.54, 1.807) is 25.3 Å². The number of ether oxygens (including phenoxy) is 1. The summed E-state index contributed by atoms with van der Waals surface area (Å²) in [6.45, 7) is 0.112. The summed E-state index contributed by atoms with van der Waals surface area (Å²) in [6, 6.07) is 18.3. The number of nitrogens with zero attached hydrogens (tertiary/aromatic N) is 2. The molecule has 0 bridgehead atoms. The van der Waals surface area contributed by atoms with Gasteiger partial charge in [-0.05, 0) is 35.9 Å². The fraction of sp³-hybridized carbons (Fsp3) is 0.158. The Labute approximate surface area is 153 Å². The number of aromatic nitrogens is 2. The first-order valence-corrected chi connectivity index (χ1v) is 9.67. The lowest BCUT2D eigenvalue weighted by Gasteiger charge is -2.08. The van der Waals surface area contributed by atoms with E-state index in [2.05, 4.69) is 14.7 Å². The van der Waals surface area contributed by atoms with Gasteiger partial charge in [-0.25, -0.2) is 23.1 Å². The molecule has 0 saturated heterocycles. The van der Waals surface area contributed by atoms with Crippen LogP contribution in [-0.4, -0.2) is 25.5 Å². The maximum atomic E-state index is 12.2. The van der Waals surface area contributed by atoms with Gasteiger partial charge < -0.3 is 4.74 Å². The van der Waals surface area contributed by atoms with Gasteiger partial charge in [0.1, 0.15) is 12.1 Å². The molecule has 3 rings (SSSR count). The molecule has 0 amide bonds. The zero-order chi connectivity index (χ0) is 18.4. The Balaban J connectivity index is 1.68. The Morgan fingerprint density at radius 3 is 2.42 bits per heavy atom. The Morgan fingerprint density at radius 1 is 1.00 bits per heavy atom. The molecule has 0 unspecified atom stereocenters. The molecule has 0 fully saturated rings. The molecular formula is C19H19N3O3S. The molecule has 0 saturated carbocycles. The maximum Gasteiger partial charge on any atom is 0.216 e. The second-order valence-electron chi connectivity index (χ2n) is 5.69. The van der Waals surface area contributed by atoms with Crippen LogP contribution in [0.2, 0.25) is 0 Å². The number of hydrogen-bond acceptors (Lipinski definition) is 5. The van der Waals surface area contributed by atoms with Gasteiger partial charge in [0.2, 0.25) is 10.0 Å². The van der Waals surface area contributed by atoms with Gasteiger partial charge >= 0.3 is 0 Å². The zero-order valence-corrected chi connectivity index (χ0v) is 15.1. The molecule has 1 N–H and O–H groups in total. The van der Waals surface area contributed by atoms with Crippen LogP contribution in [0.3, 0.4) is 0 Å². The van der Waals surface area contributed by atoms with Crippen molar-refractivity contribution >= 4 is 10.0 Å². The molecule has 134 valence electrons. The van der Waals surface area contributed by atoms with Crippen LogP contribution in [0.4, 0.5) is 0 Å². The highest BCUT2D eigenvalue weighted by atomic mass is 32.2. The van der Waals surface area contributed by atoms with Gasteiger partial charge in [0.05, 0.1) is 30.8 Å². The molecule has 0 aliphatic heterocycles. The van der Waals surface area contributed by atoms with Crippen LogP contribution in [0, 0.1) is 0 Å². The Bertz CT molecular complexity index is 959. The number of sulfonamides is 1. The normalized spacial score (nSPS) is 11.3. The summed E-state index contributed by atoms with van der Waals surface area (Å²) in [5.74, 6) is 0.696. The summed E-state index contributed by atoms with van der Waals surface area (Å²) < 4.78 is 32.2. The van der Waals surface area contributed by atoms with E-state index in [0.29, 0.717) is 5.69 Å². The van der Waals surface area contributed by atoms with E-state index in [-0.39, 0.29) is 12.3 Å². The molecule has 1 heterocycles. The first-order chi connectivity index (χ1) is 12.6. The molecule has 0 radical (unpaired) electrons. The van der Waals surface area contributed by atoms with Crippen molar-refractivity contribution in [2.75, 3.05) is 7.11 Å². The highest BCUT2D eigenvalue weighted by Gasteiger charge is 2.12. The van der Waals surface area contributed by atoms with Crippen molar-refractivity contribution in [1.29, 1.82) is 0 Å². The largest absolute Gasteiger partial charge is 0.497 e. The van der Waals surface area contributed by atoms with Gasteiger partial charge in [0.15, 0.2) is 0 Å². The molecular weight excluding hydrogens is 350 g/mol. The fourth-order valence-corrected chi connectivity index (χ4v) is 3.54. The predicted octanol–water partition coefficient (Wildman–Crippen LogP) is 2.77. The highest BCUT2D eigenvalue weighted by Crippen LogP contribution is 2.20. The topological polar surface area (TPSA) is 81.2 Å². The first-order valence-electron chi connectivity index (χ1n) is 8.02. The fourth-order valence-electron chi connectivity index (χ4n) is 2.44. The zero-order valence-electron chi connectivity index (χ0n) is 14.3. The van der Waals surface area contributed by atoms with Crippen LogP contribution < -0.4 is 9.46 Å². The van der Waals surface area contributed by atoms with Crippen molar-refractivity contribution in [2.45, 2.75) is 12.3 Å². The van der Waals surface area contributed by atoms with E-state index in [1.807, 2.05) is 42.5 Å². The number of hydrogen-bond donors (Lipinski definition) is 1. The summed E-state index contributed by atoms with van der Waals surface area (Å²) in [6.07, 6.45) is 1.43. The third-order valence-corrected chi connectivity index (χ3v) is 5.08. The lowest BCUT2D eigenvalue weighted by molar-refractivity contribution is 0.415. The summed E-state index contributed by atoms with van der Waals surface area (Å²) in [5.41, 5.74) is 2.96. The summed E-state index contributed by atoms with van der Waals surface area (Å²) >= 11 is 0. The number of nitrogens with one attached hydrogen (secondary N) is 1. The molecule has 26 heavy (non-hydrogen) atoms. The molecule has 0 spiro atoms. The highest BCUT2D eigenvalue weighted by molar-refractivity contribution is 7.88. The van der Waals surface area contributed by atoms with E-state index in [4.69, 9.17) is 4.74 Å². The predicted molar refractivity (Wildman–Crippen MR) is 99.9 cm³/mol. The van der Waals surface area contributed by atoms with Crippen molar-refractivity contribution < 1.29 is 13.2 Å². The molecule has 0 atom stereocenters.